The maximum absolute atomic E-state index is 13.1. The zero-order valence-corrected chi connectivity index (χ0v) is 14.4. The summed E-state index contributed by atoms with van der Waals surface area (Å²) in [4.78, 5) is 14.3. The van der Waals surface area contributed by atoms with Gasteiger partial charge in [-0.1, -0.05) is 18.2 Å². The first kappa shape index (κ1) is 18.8. The van der Waals surface area contributed by atoms with Crippen LogP contribution in [0.4, 0.5) is 13.2 Å². The summed E-state index contributed by atoms with van der Waals surface area (Å²) in [6.45, 7) is 7.19. The summed E-state index contributed by atoms with van der Waals surface area (Å²) in [5, 5.41) is 2.96. The van der Waals surface area contributed by atoms with Crippen LogP contribution in [0.3, 0.4) is 0 Å². The SMILES string of the molecule is CC(C)(C)NC(=O)C1CCCN(Cc2ccccc2C(F)(F)F)C1. The lowest BCUT2D eigenvalue weighted by Crippen LogP contribution is -2.48. The van der Waals surface area contributed by atoms with Gasteiger partial charge in [-0.05, 0) is 51.8 Å². The Morgan fingerprint density at radius 3 is 2.54 bits per heavy atom. The van der Waals surface area contributed by atoms with Crippen molar-refractivity contribution in [2.45, 2.75) is 51.9 Å². The van der Waals surface area contributed by atoms with Crippen molar-refractivity contribution in [2.24, 2.45) is 5.92 Å². The highest BCUT2D eigenvalue weighted by Crippen LogP contribution is 2.33. The van der Waals surface area contributed by atoms with Crippen molar-refractivity contribution in [3.63, 3.8) is 0 Å². The maximum atomic E-state index is 13.1. The highest BCUT2D eigenvalue weighted by Gasteiger charge is 2.34. The van der Waals surface area contributed by atoms with Gasteiger partial charge in [0.25, 0.3) is 0 Å². The molecule has 1 saturated heterocycles. The molecule has 0 radical (unpaired) electrons. The van der Waals surface area contributed by atoms with E-state index in [0.717, 1.165) is 18.9 Å². The number of likely N-dealkylation sites (tertiary alicyclic amines) is 1. The van der Waals surface area contributed by atoms with Crippen LogP contribution in [0.15, 0.2) is 24.3 Å². The lowest BCUT2D eigenvalue weighted by Gasteiger charge is -2.34. The summed E-state index contributed by atoms with van der Waals surface area (Å²) >= 11 is 0. The number of carbonyl (C=O) groups is 1. The summed E-state index contributed by atoms with van der Waals surface area (Å²) in [5.41, 5.74) is -0.629. The first-order valence-electron chi connectivity index (χ1n) is 8.26. The number of rotatable bonds is 3. The second-order valence-electron chi connectivity index (χ2n) is 7.47. The zero-order chi connectivity index (χ0) is 18.0. The number of piperidine rings is 1. The van der Waals surface area contributed by atoms with Gasteiger partial charge in [0, 0.05) is 18.6 Å². The number of benzene rings is 1. The molecule has 1 N–H and O–H groups in total. The van der Waals surface area contributed by atoms with Crippen LogP contribution in [0.5, 0.6) is 0 Å². The molecule has 0 spiro atoms. The Morgan fingerprint density at radius 1 is 1.25 bits per heavy atom. The molecule has 0 saturated carbocycles. The van der Waals surface area contributed by atoms with Crippen LogP contribution in [0.25, 0.3) is 0 Å². The Kier molecular flexibility index (Phi) is 5.58. The molecule has 0 aliphatic carbocycles. The number of nitrogens with one attached hydrogen (secondary N) is 1. The Bertz CT molecular complexity index is 578. The van der Waals surface area contributed by atoms with E-state index < -0.39 is 11.7 Å². The lowest BCUT2D eigenvalue weighted by atomic mass is 9.95. The van der Waals surface area contributed by atoms with Crippen LogP contribution < -0.4 is 5.32 Å². The molecule has 1 aliphatic rings. The van der Waals surface area contributed by atoms with Crippen molar-refractivity contribution in [1.29, 1.82) is 0 Å². The Morgan fingerprint density at radius 2 is 1.92 bits per heavy atom. The van der Waals surface area contributed by atoms with E-state index in [0.29, 0.717) is 13.1 Å². The van der Waals surface area contributed by atoms with Gasteiger partial charge in [-0.2, -0.15) is 13.2 Å². The fraction of sp³-hybridized carbons (Fsp3) is 0.611. The largest absolute Gasteiger partial charge is 0.416 e. The normalized spacial score (nSPS) is 20.0. The van der Waals surface area contributed by atoms with Gasteiger partial charge >= 0.3 is 6.18 Å². The summed E-state index contributed by atoms with van der Waals surface area (Å²) in [6.07, 6.45) is -2.76. The molecule has 1 heterocycles. The van der Waals surface area contributed by atoms with Crippen LogP contribution in [0.1, 0.15) is 44.7 Å². The van der Waals surface area contributed by atoms with Crippen molar-refractivity contribution >= 4 is 5.91 Å². The van der Waals surface area contributed by atoms with Gasteiger partial charge in [-0.25, -0.2) is 0 Å². The van der Waals surface area contributed by atoms with E-state index in [1.54, 1.807) is 6.07 Å². The molecule has 1 unspecified atom stereocenters. The first-order chi connectivity index (χ1) is 11.1. The molecule has 6 heteroatoms. The molecule has 1 amide bonds. The van der Waals surface area contributed by atoms with E-state index in [2.05, 4.69) is 5.32 Å². The van der Waals surface area contributed by atoms with Gasteiger partial charge in [0.2, 0.25) is 5.91 Å². The van der Waals surface area contributed by atoms with Gasteiger partial charge in [0.15, 0.2) is 0 Å². The number of carbonyl (C=O) groups excluding carboxylic acids is 1. The van der Waals surface area contributed by atoms with Crippen LogP contribution in [0, 0.1) is 5.92 Å². The minimum atomic E-state index is -4.35. The lowest BCUT2D eigenvalue weighted by molar-refractivity contribution is -0.138. The van der Waals surface area contributed by atoms with Crippen molar-refractivity contribution in [1.82, 2.24) is 10.2 Å². The summed E-state index contributed by atoms with van der Waals surface area (Å²) in [6, 6.07) is 5.66. The number of hydrogen-bond donors (Lipinski definition) is 1. The Labute approximate surface area is 141 Å². The summed E-state index contributed by atoms with van der Waals surface area (Å²) < 4.78 is 39.3. The predicted octanol–water partition coefficient (Wildman–Crippen LogP) is 3.83. The second kappa shape index (κ2) is 7.13. The molecule has 2 rings (SSSR count). The number of alkyl halides is 3. The van der Waals surface area contributed by atoms with E-state index in [1.807, 2.05) is 25.7 Å². The van der Waals surface area contributed by atoms with Gasteiger partial charge in [0.1, 0.15) is 0 Å². The maximum Gasteiger partial charge on any atom is 0.416 e. The number of halogens is 3. The Hall–Kier alpha value is -1.56. The standard InChI is InChI=1S/C18H25F3N2O/c1-17(2,3)22-16(24)14-8-6-10-23(12-14)11-13-7-4-5-9-15(13)18(19,20)21/h4-5,7,9,14H,6,8,10-12H2,1-3H3,(H,22,24). The van der Waals surface area contributed by atoms with E-state index in [1.165, 1.54) is 12.1 Å². The average molecular weight is 342 g/mol. The van der Waals surface area contributed by atoms with Crippen molar-refractivity contribution in [2.75, 3.05) is 13.1 Å². The molecule has 1 atom stereocenters. The topological polar surface area (TPSA) is 32.3 Å². The third-order valence-corrected chi connectivity index (χ3v) is 4.09. The number of amides is 1. The smallest absolute Gasteiger partial charge is 0.351 e. The number of nitrogens with zero attached hydrogens (tertiary/aromatic N) is 1. The fourth-order valence-electron chi connectivity index (χ4n) is 3.06. The molecule has 1 fully saturated rings. The molecular weight excluding hydrogens is 317 g/mol. The van der Waals surface area contributed by atoms with Crippen molar-refractivity contribution < 1.29 is 18.0 Å². The van der Waals surface area contributed by atoms with Gasteiger partial charge in [-0.3, -0.25) is 9.69 Å². The fourth-order valence-corrected chi connectivity index (χ4v) is 3.06. The van der Waals surface area contributed by atoms with E-state index >= 15 is 0 Å². The molecule has 0 bridgehead atoms. The summed E-state index contributed by atoms with van der Waals surface area (Å²) in [7, 11) is 0. The molecule has 1 aromatic carbocycles. The van der Waals surface area contributed by atoms with Crippen LogP contribution >= 0.6 is 0 Å². The van der Waals surface area contributed by atoms with Gasteiger partial charge in [0.05, 0.1) is 11.5 Å². The molecule has 1 aliphatic heterocycles. The van der Waals surface area contributed by atoms with E-state index in [9.17, 15) is 18.0 Å². The quantitative estimate of drug-likeness (QED) is 0.905. The van der Waals surface area contributed by atoms with Crippen molar-refractivity contribution in [3.05, 3.63) is 35.4 Å². The summed E-state index contributed by atoms with van der Waals surface area (Å²) in [5.74, 6) is -0.188. The first-order valence-corrected chi connectivity index (χ1v) is 8.26. The Balaban J connectivity index is 2.05. The average Bonchev–Trinajstić information content (AvgIpc) is 2.45. The minimum absolute atomic E-state index is 0.0173. The highest BCUT2D eigenvalue weighted by atomic mass is 19.4. The molecule has 134 valence electrons. The third kappa shape index (κ3) is 5.23. The molecule has 1 aromatic rings. The predicted molar refractivity (Wildman–Crippen MR) is 87.3 cm³/mol. The van der Waals surface area contributed by atoms with Crippen LogP contribution in [-0.4, -0.2) is 29.4 Å². The minimum Gasteiger partial charge on any atom is -0.351 e. The van der Waals surface area contributed by atoms with Crippen LogP contribution in [0.2, 0.25) is 0 Å². The van der Waals surface area contributed by atoms with Crippen LogP contribution in [-0.2, 0) is 17.5 Å². The molecule has 24 heavy (non-hydrogen) atoms. The zero-order valence-electron chi connectivity index (χ0n) is 14.4. The number of hydrogen-bond acceptors (Lipinski definition) is 2. The van der Waals surface area contributed by atoms with Crippen molar-refractivity contribution in [3.8, 4) is 0 Å². The van der Waals surface area contributed by atoms with Gasteiger partial charge in [-0.15, -0.1) is 0 Å². The second-order valence-corrected chi connectivity index (χ2v) is 7.47. The molecule has 0 aromatic heterocycles. The molecular formula is C18H25F3N2O. The highest BCUT2D eigenvalue weighted by molar-refractivity contribution is 5.79. The third-order valence-electron chi connectivity index (χ3n) is 4.09. The van der Waals surface area contributed by atoms with E-state index in [-0.39, 0.29) is 29.5 Å². The monoisotopic (exact) mass is 342 g/mol. The van der Waals surface area contributed by atoms with Gasteiger partial charge < -0.3 is 5.32 Å². The molecule has 3 nitrogen and oxygen atoms in total. The van der Waals surface area contributed by atoms with E-state index in [4.69, 9.17) is 0 Å².